The Morgan fingerprint density at radius 1 is 0.929 bits per heavy atom. The zero-order valence-corrected chi connectivity index (χ0v) is 17.8. The van der Waals surface area contributed by atoms with Crippen molar-refractivity contribution in [2.45, 2.75) is 62.0 Å². The van der Waals surface area contributed by atoms with Gasteiger partial charge < -0.3 is 4.90 Å². The highest BCUT2D eigenvalue weighted by Crippen LogP contribution is 2.37. The van der Waals surface area contributed by atoms with Crippen LogP contribution in [-0.4, -0.2) is 38.2 Å². The van der Waals surface area contributed by atoms with Crippen molar-refractivity contribution >= 4 is 20.6 Å². The molecule has 1 aliphatic carbocycles. The normalized spacial score (nSPS) is 25.2. The average molecular weight is 400 g/mol. The number of nitrogens with zero attached hydrogens (tertiary/aromatic N) is 1. The van der Waals surface area contributed by atoms with Crippen molar-refractivity contribution in [2.75, 3.05) is 19.6 Å². The summed E-state index contributed by atoms with van der Waals surface area (Å²) >= 11 is 0. The average Bonchev–Trinajstić information content (AvgIpc) is 2.73. The SMILES string of the molecule is CC1CCN(CCC2CCCCC2S(=O)(=O)c2cccc3ccccc23)CC1. The van der Waals surface area contributed by atoms with E-state index in [4.69, 9.17) is 0 Å². The Kier molecular flexibility index (Phi) is 6.07. The van der Waals surface area contributed by atoms with Crippen LogP contribution >= 0.6 is 0 Å². The minimum absolute atomic E-state index is 0.226. The number of benzene rings is 2. The number of rotatable bonds is 5. The van der Waals surface area contributed by atoms with E-state index in [9.17, 15) is 8.42 Å². The Balaban J connectivity index is 1.54. The molecule has 152 valence electrons. The first kappa shape index (κ1) is 19.9. The van der Waals surface area contributed by atoms with Crippen molar-refractivity contribution in [3.05, 3.63) is 42.5 Å². The van der Waals surface area contributed by atoms with Gasteiger partial charge in [0.1, 0.15) is 0 Å². The number of likely N-dealkylation sites (tertiary alicyclic amines) is 1. The van der Waals surface area contributed by atoms with Gasteiger partial charge >= 0.3 is 0 Å². The van der Waals surface area contributed by atoms with Crippen molar-refractivity contribution in [3.63, 3.8) is 0 Å². The van der Waals surface area contributed by atoms with Crippen molar-refractivity contribution in [1.29, 1.82) is 0 Å². The highest BCUT2D eigenvalue weighted by Gasteiger charge is 2.37. The van der Waals surface area contributed by atoms with Crippen LogP contribution in [0.4, 0.5) is 0 Å². The van der Waals surface area contributed by atoms with E-state index in [1.807, 2.05) is 42.5 Å². The van der Waals surface area contributed by atoms with E-state index < -0.39 is 9.84 Å². The fraction of sp³-hybridized carbons (Fsp3) is 0.583. The molecule has 0 aromatic heterocycles. The molecule has 2 aromatic rings. The topological polar surface area (TPSA) is 37.4 Å². The van der Waals surface area contributed by atoms with Gasteiger partial charge in [-0.15, -0.1) is 0 Å². The van der Waals surface area contributed by atoms with E-state index in [0.29, 0.717) is 4.90 Å². The molecule has 1 saturated heterocycles. The molecule has 1 heterocycles. The molecule has 2 unspecified atom stereocenters. The van der Waals surface area contributed by atoms with E-state index in [1.54, 1.807) is 0 Å². The van der Waals surface area contributed by atoms with Crippen LogP contribution < -0.4 is 0 Å². The highest BCUT2D eigenvalue weighted by molar-refractivity contribution is 7.92. The fourth-order valence-corrected chi connectivity index (χ4v) is 7.50. The van der Waals surface area contributed by atoms with Gasteiger partial charge in [-0.2, -0.15) is 0 Å². The summed E-state index contributed by atoms with van der Waals surface area (Å²) in [6.07, 6.45) is 7.65. The Bertz CT molecular complexity index is 894. The van der Waals surface area contributed by atoms with Crippen molar-refractivity contribution in [2.24, 2.45) is 11.8 Å². The first-order valence-electron chi connectivity index (χ1n) is 11.0. The largest absolute Gasteiger partial charge is 0.303 e. The van der Waals surface area contributed by atoms with E-state index >= 15 is 0 Å². The van der Waals surface area contributed by atoms with Crippen LogP contribution in [0.5, 0.6) is 0 Å². The monoisotopic (exact) mass is 399 g/mol. The molecule has 2 aromatic carbocycles. The maximum atomic E-state index is 13.7. The zero-order valence-electron chi connectivity index (χ0n) is 17.0. The quantitative estimate of drug-likeness (QED) is 0.685. The van der Waals surface area contributed by atoms with Crippen LogP contribution in [0.25, 0.3) is 10.8 Å². The van der Waals surface area contributed by atoms with Crippen LogP contribution in [0.2, 0.25) is 0 Å². The molecule has 0 radical (unpaired) electrons. The molecular formula is C24H33NO2S. The summed E-state index contributed by atoms with van der Waals surface area (Å²) in [5.74, 6) is 1.13. The van der Waals surface area contributed by atoms with E-state index in [1.165, 1.54) is 32.4 Å². The zero-order chi connectivity index (χ0) is 19.6. The predicted octanol–water partition coefficient (Wildman–Crippen LogP) is 5.29. The van der Waals surface area contributed by atoms with Gasteiger partial charge in [0.25, 0.3) is 0 Å². The molecule has 0 N–H and O–H groups in total. The smallest absolute Gasteiger partial charge is 0.182 e. The van der Waals surface area contributed by atoms with Crippen molar-refractivity contribution in [1.82, 2.24) is 4.90 Å². The van der Waals surface area contributed by atoms with Crippen LogP contribution in [0.15, 0.2) is 47.4 Å². The molecule has 1 saturated carbocycles. The van der Waals surface area contributed by atoms with Gasteiger partial charge in [-0.1, -0.05) is 56.2 Å². The molecule has 0 spiro atoms. The van der Waals surface area contributed by atoms with Crippen LogP contribution in [0, 0.1) is 11.8 Å². The first-order chi connectivity index (χ1) is 13.6. The Morgan fingerprint density at radius 2 is 1.64 bits per heavy atom. The van der Waals surface area contributed by atoms with Gasteiger partial charge in [0.2, 0.25) is 0 Å². The summed E-state index contributed by atoms with van der Waals surface area (Å²) in [4.78, 5) is 3.09. The minimum atomic E-state index is -3.32. The Hall–Kier alpha value is -1.39. The number of hydrogen-bond donors (Lipinski definition) is 0. The second-order valence-corrected chi connectivity index (χ2v) is 11.1. The number of sulfone groups is 1. The second kappa shape index (κ2) is 8.54. The summed E-state index contributed by atoms with van der Waals surface area (Å²) in [6, 6.07) is 13.6. The lowest BCUT2D eigenvalue weighted by Crippen LogP contribution is -2.38. The molecule has 28 heavy (non-hydrogen) atoms. The van der Waals surface area contributed by atoms with E-state index in [-0.39, 0.29) is 11.2 Å². The summed E-state index contributed by atoms with van der Waals surface area (Å²) in [5.41, 5.74) is 0. The first-order valence-corrected chi connectivity index (χ1v) is 12.5. The second-order valence-electron chi connectivity index (χ2n) is 8.92. The van der Waals surface area contributed by atoms with Gasteiger partial charge in [-0.3, -0.25) is 0 Å². The summed E-state index contributed by atoms with van der Waals surface area (Å²) in [7, 11) is -3.32. The van der Waals surface area contributed by atoms with E-state index in [0.717, 1.165) is 48.9 Å². The summed E-state index contributed by atoms with van der Waals surface area (Å²) < 4.78 is 27.4. The molecular weight excluding hydrogens is 366 g/mol. The van der Waals surface area contributed by atoms with Gasteiger partial charge in [0, 0.05) is 5.39 Å². The molecule has 0 bridgehead atoms. The highest BCUT2D eigenvalue weighted by atomic mass is 32.2. The van der Waals surface area contributed by atoms with Crippen LogP contribution in [0.1, 0.15) is 51.9 Å². The molecule has 1 aliphatic heterocycles. The molecule has 3 nitrogen and oxygen atoms in total. The van der Waals surface area contributed by atoms with Gasteiger partial charge in [-0.25, -0.2) is 8.42 Å². The summed E-state index contributed by atoms with van der Waals surface area (Å²) in [5, 5.41) is 1.66. The number of fused-ring (bicyclic) bond motifs is 1. The number of piperidine rings is 1. The molecule has 0 amide bonds. The molecule has 2 aliphatic rings. The molecule has 2 fully saturated rings. The van der Waals surface area contributed by atoms with Gasteiger partial charge in [0.05, 0.1) is 10.1 Å². The van der Waals surface area contributed by atoms with Gasteiger partial charge in [0.15, 0.2) is 9.84 Å². The van der Waals surface area contributed by atoms with Crippen LogP contribution in [0.3, 0.4) is 0 Å². The third-order valence-corrected chi connectivity index (χ3v) is 9.37. The Morgan fingerprint density at radius 3 is 2.46 bits per heavy atom. The van der Waals surface area contributed by atoms with Crippen molar-refractivity contribution < 1.29 is 8.42 Å². The minimum Gasteiger partial charge on any atom is -0.303 e. The lowest BCUT2D eigenvalue weighted by Gasteiger charge is -2.35. The third kappa shape index (κ3) is 4.13. The third-order valence-electron chi connectivity index (χ3n) is 6.99. The molecule has 4 rings (SSSR count). The molecule has 2 atom stereocenters. The number of hydrogen-bond acceptors (Lipinski definition) is 3. The Labute approximate surface area is 170 Å². The predicted molar refractivity (Wildman–Crippen MR) is 116 cm³/mol. The maximum Gasteiger partial charge on any atom is 0.182 e. The van der Waals surface area contributed by atoms with Gasteiger partial charge in [-0.05, 0) is 75.0 Å². The standard InChI is InChI=1S/C24H33NO2S/c1-19-13-16-25(17-14-19)18-15-21-8-3-5-11-23(21)28(26,27)24-12-6-9-20-7-2-4-10-22(20)24/h2,4,6-7,9-10,12,19,21,23H,3,5,8,11,13-18H2,1H3. The van der Waals surface area contributed by atoms with Crippen LogP contribution in [-0.2, 0) is 9.84 Å². The lowest BCUT2D eigenvalue weighted by atomic mass is 9.86. The summed E-state index contributed by atoms with van der Waals surface area (Å²) in [6.45, 7) is 5.74. The maximum absolute atomic E-state index is 13.7. The van der Waals surface area contributed by atoms with E-state index in [2.05, 4.69) is 11.8 Å². The van der Waals surface area contributed by atoms with Crippen molar-refractivity contribution in [3.8, 4) is 0 Å². The molecule has 4 heteroatoms. The lowest BCUT2D eigenvalue weighted by molar-refractivity contribution is 0.174. The fourth-order valence-electron chi connectivity index (χ4n) is 5.15.